The van der Waals surface area contributed by atoms with Crippen molar-refractivity contribution in [3.63, 3.8) is 0 Å². The van der Waals surface area contributed by atoms with Gasteiger partial charge >= 0.3 is 0 Å². The van der Waals surface area contributed by atoms with Crippen LogP contribution < -0.4 is 10.6 Å². The van der Waals surface area contributed by atoms with E-state index in [0.29, 0.717) is 12.3 Å². The van der Waals surface area contributed by atoms with Gasteiger partial charge in [0.2, 0.25) is 5.91 Å². The Balaban J connectivity index is 2.19. The highest BCUT2D eigenvalue weighted by Gasteiger charge is 2.05. The Morgan fingerprint density at radius 1 is 1.53 bits per heavy atom. The van der Waals surface area contributed by atoms with E-state index in [1.54, 1.807) is 11.3 Å². The van der Waals surface area contributed by atoms with Gasteiger partial charge in [-0.2, -0.15) is 11.3 Å². The first-order valence-corrected chi connectivity index (χ1v) is 6.09. The van der Waals surface area contributed by atoms with E-state index >= 15 is 0 Å². The Hall–Kier alpha value is -0.870. The predicted molar refractivity (Wildman–Crippen MR) is 64.1 cm³/mol. The molecule has 1 atom stereocenters. The molecule has 0 bridgehead atoms. The average Bonchev–Trinajstić information content (AvgIpc) is 2.68. The number of thiophene rings is 1. The standard InChI is InChI=1S/C11H18N2OS/c1-9(6-12-2)7-13-11(14)5-10-3-4-15-8-10/h3-4,8-9,12H,5-7H2,1-2H3,(H,13,14). The number of carbonyl (C=O) groups is 1. The minimum absolute atomic E-state index is 0.108. The number of amides is 1. The zero-order valence-corrected chi connectivity index (χ0v) is 10.1. The number of rotatable bonds is 6. The van der Waals surface area contributed by atoms with Crippen LogP contribution in [0.4, 0.5) is 0 Å². The minimum atomic E-state index is 0.108. The van der Waals surface area contributed by atoms with E-state index in [1.807, 2.05) is 23.9 Å². The van der Waals surface area contributed by atoms with E-state index in [-0.39, 0.29) is 5.91 Å². The van der Waals surface area contributed by atoms with E-state index in [4.69, 9.17) is 0 Å². The first kappa shape index (κ1) is 12.2. The highest BCUT2D eigenvalue weighted by atomic mass is 32.1. The summed E-state index contributed by atoms with van der Waals surface area (Å²) >= 11 is 1.62. The Labute approximate surface area is 94.9 Å². The molecule has 1 amide bonds. The topological polar surface area (TPSA) is 41.1 Å². The van der Waals surface area contributed by atoms with Crippen molar-refractivity contribution in [3.8, 4) is 0 Å². The number of hydrogen-bond acceptors (Lipinski definition) is 3. The van der Waals surface area contributed by atoms with E-state index in [2.05, 4.69) is 17.6 Å². The van der Waals surface area contributed by atoms with Crippen LogP contribution in [-0.4, -0.2) is 26.0 Å². The van der Waals surface area contributed by atoms with Crippen molar-refractivity contribution in [2.45, 2.75) is 13.3 Å². The lowest BCUT2D eigenvalue weighted by Gasteiger charge is -2.11. The molecule has 1 aromatic heterocycles. The van der Waals surface area contributed by atoms with Crippen molar-refractivity contribution in [2.75, 3.05) is 20.1 Å². The molecule has 84 valence electrons. The van der Waals surface area contributed by atoms with Crippen LogP contribution in [0.3, 0.4) is 0 Å². The molecule has 0 aliphatic rings. The lowest BCUT2D eigenvalue weighted by molar-refractivity contribution is -0.120. The molecule has 0 radical (unpaired) electrons. The third-order valence-corrected chi connectivity index (χ3v) is 2.88. The summed E-state index contributed by atoms with van der Waals surface area (Å²) in [6.07, 6.45) is 0.496. The third-order valence-electron chi connectivity index (χ3n) is 2.15. The van der Waals surface area contributed by atoms with Crippen LogP contribution in [0.25, 0.3) is 0 Å². The van der Waals surface area contributed by atoms with Gasteiger partial charge in [0.05, 0.1) is 6.42 Å². The van der Waals surface area contributed by atoms with Crippen molar-refractivity contribution in [3.05, 3.63) is 22.4 Å². The summed E-state index contributed by atoms with van der Waals surface area (Å²) in [5, 5.41) is 10.0. The number of carbonyl (C=O) groups excluding carboxylic acids is 1. The summed E-state index contributed by atoms with van der Waals surface area (Å²) in [5.41, 5.74) is 1.10. The molecule has 1 unspecified atom stereocenters. The van der Waals surface area contributed by atoms with Gasteiger partial charge in [0.15, 0.2) is 0 Å². The molecular formula is C11H18N2OS. The van der Waals surface area contributed by atoms with Gasteiger partial charge in [-0.05, 0) is 41.9 Å². The normalized spacial score (nSPS) is 12.4. The highest BCUT2D eigenvalue weighted by Crippen LogP contribution is 2.06. The molecule has 0 aliphatic carbocycles. The number of hydrogen-bond donors (Lipinski definition) is 2. The highest BCUT2D eigenvalue weighted by molar-refractivity contribution is 7.07. The fourth-order valence-electron chi connectivity index (χ4n) is 1.35. The summed E-state index contributed by atoms with van der Waals surface area (Å²) in [5.74, 6) is 0.581. The van der Waals surface area contributed by atoms with Crippen molar-refractivity contribution in [2.24, 2.45) is 5.92 Å². The van der Waals surface area contributed by atoms with Gasteiger partial charge in [0.25, 0.3) is 0 Å². The monoisotopic (exact) mass is 226 g/mol. The van der Waals surface area contributed by atoms with Gasteiger partial charge < -0.3 is 10.6 Å². The molecule has 4 heteroatoms. The third kappa shape index (κ3) is 4.95. The maximum absolute atomic E-state index is 11.5. The van der Waals surface area contributed by atoms with Crippen LogP contribution in [0.2, 0.25) is 0 Å². The van der Waals surface area contributed by atoms with Gasteiger partial charge in [0, 0.05) is 6.54 Å². The van der Waals surface area contributed by atoms with Crippen LogP contribution in [0.15, 0.2) is 16.8 Å². The van der Waals surface area contributed by atoms with Crippen LogP contribution in [0, 0.1) is 5.92 Å². The van der Waals surface area contributed by atoms with Gasteiger partial charge in [-0.15, -0.1) is 0 Å². The SMILES string of the molecule is CNCC(C)CNC(=O)Cc1ccsc1. The zero-order valence-electron chi connectivity index (χ0n) is 9.25. The molecule has 0 aromatic carbocycles. The first-order valence-electron chi connectivity index (χ1n) is 5.14. The Bertz CT molecular complexity index is 285. The van der Waals surface area contributed by atoms with Crippen LogP contribution in [-0.2, 0) is 11.2 Å². The fraction of sp³-hybridized carbons (Fsp3) is 0.545. The molecule has 3 nitrogen and oxygen atoms in total. The van der Waals surface area contributed by atoms with E-state index < -0.39 is 0 Å². The molecular weight excluding hydrogens is 208 g/mol. The lowest BCUT2D eigenvalue weighted by Crippen LogP contribution is -2.33. The van der Waals surface area contributed by atoms with E-state index in [1.165, 1.54) is 0 Å². The maximum Gasteiger partial charge on any atom is 0.224 e. The van der Waals surface area contributed by atoms with Crippen molar-refractivity contribution >= 4 is 17.2 Å². The molecule has 1 heterocycles. The van der Waals surface area contributed by atoms with Crippen molar-refractivity contribution in [1.29, 1.82) is 0 Å². The van der Waals surface area contributed by atoms with E-state index in [0.717, 1.165) is 18.7 Å². The molecule has 1 rings (SSSR count). The fourth-order valence-corrected chi connectivity index (χ4v) is 2.02. The molecule has 15 heavy (non-hydrogen) atoms. The summed E-state index contributed by atoms with van der Waals surface area (Å²) in [6, 6.07) is 1.99. The molecule has 0 saturated heterocycles. The Morgan fingerprint density at radius 2 is 2.33 bits per heavy atom. The Morgan fingerprint density at radius 3 is 2.93 bits per heavy atom. The molecule has 2 N–H and O–H groups in total. The molecule has 0 spiro atoms. The van der Waals surface area contributed by atoms with Gasteiger partial charge in [0.1, 0.15) is 0 Å². The summed E-state index contributed by atoms with van der Waals surface area (Å²) in [7, 11) is 1.92. The Kier molecular flexibility index (Phi) is 5.36. The zero-order chi connectivity index (χ0) is 11.1. The van der Waals surface area contributed by atoms with Crippen LogP contribution in [0.1, 0.15) is 12.5 Å². The summed E-state index contributed by atoms with van der Waals surface area (Å²) in [4.78, 5) is 11.5. The minimum Gasteiger partial charge on any atom is -0.355 e. The molecule has 1 aromatic rings. The second kappa shape index (κ2) is 6.58. The van der Waals surface area contributed by atoms with Crippen LogP contribution >= 0.6 is 11.3 Å². The number of nitrogens with one attached hydrogen (secondary N) is 2. The predicted octanol–water partition coefficient (Wildman–Crippen LogP) is 1.26. The largest absolute Gasteiger partial charge is 0.355 e. The second-order valence-electron chi connectivity index (χ2n) is 3.78. The summed E-state index contributed by atoms with van der Waals surface area (Å²) < 4.78 is 0. The second-order valence-corrected chi connectivity index (χ2v) is 4.56. The molecule has 0 saturated carbocycles. The summed E-state index contributed by atoms with van der Waals surface area (Å²) in [6.45, 7) is 3.78. The van der Waals surface area contributed by atoms with Gasteiger partial charge in [-0.3, -0.25) is 4.79 Å². The van der Waals surface area contributed by atoms with Gasteiger partial charge in [-0.25, -0.2) is 0 Å². The lowest BCUT2D eigenvalue weighted by atomic mass is 10.1. The average molecular weight is 226 g/mol. The van der Waals surface area contributed by atoms with E-state index in [9.17, 15) is 4.79 Å². The molecule has 0 fully saturated rings. The maximum atomic E-state index is 11.5. The van der Waals surface area contributed by atoms with Crippen molar-refractivity contribution < 1.29 is 4.79 Å². The molecule has 0 aliphatic heterocycles. The van der Waals surface area contributed by atoms with Crippen LogP contribution in [0.5, 0.6) is 0 Å². The first-order chi connectivity index (χ1) is 7.22. The van der Waals surface area contributed by atoms with Gasteiger partial charge in [-0.1, -0.05) is 6.92 Å². The van der Waals surface area contributed by atoms with Crippen molar-refractivity contribution in [1.82, 2.24) is 10.6 Å². The smallest absolute Gasteiger partial charge is 0.224 e. The quantitative estimate of drug-likeness (QED) is 0.767.